The van der Waals surface area contributed by atoms with E-state index in [0.29, 0.717) is 6.04 Å². The number of para-hydroxylation sites is 1. The number of hydrogen-bond acceptors (Lipinski definition) is 2. The fourth-order valence-corrected chi connectivity index (χ4v) is 3.12. The maximum atomic E-state index is 5.97. The predicted octanol–water partition coefficient (Wildman–Crippen LogP) is 3.82. The lowest BCUT2D eigenvalue weighted by atomic mass is 9.93. The van der Waals surface area contributed by atoms with E-state index >= 15 is 0 Å². The van der Waals surface area contributed by atoms with Gasteiger partial charge in [-0.1, -0.05) is 42.5 Å². The summed E-state index contributed by atoms with van der Waals surface area (Å²) in [7, 11) is 2.03. The molecule has 1 heterocycles. The van der Waals surface area contributed by atoms with Crippen LogP contribution in [0.25, 0.3) is 0 Å². The largest absolute Gasteiger partial charge is 0.493 e. The summed E-state index contributed by atoms with van der Waals surface area (Å²) >= 11 is 0. The van der Waals surface area contributed by atoms with Crippen LogP contribution >= 0.6 is 0 Å². The molecule has 1 unspecified atom stereocenters. The Morgan fingerprint density at radius 3 is 2.81 bits per heavy atom. The molecule has 0 aromatic heterocycles. The van der Waals surface area contributed by atoms with Gasteiger partial charge in [0.25, 0.3) is 0 Å². The van der Waals surface area contributed by atoms with Gasteiger partial charge in [0.2, 0.25) is 0 Å². The van der Waals surface area contributed by atoms with E-state index in [1.807, 2.05) is 7.05 Å². The summed E-state index contributed by atoms with van der Waals surface area (Å²) in [6.45, 7) is 3.02. The minimum absolute atomic E-state index is 0.291. The molecule has 3 rings (SSSR count). The average Bonchev–Trinajstić information content (AvgIpc) is 2.54. The molecule has 1 N–H and O–H groups in total. The van der Waals surface area contributed by atoms with Crippen LogP contribution in [0.15, 0.2) is 42.5 Å². The van der Waals surface area contributed by atoms with Gasteiger partial charge < -0.3 is 10.1 Å². The van der Waals surface area contributed by atoms with E-state index in [1.165, 1.54) is 22.3 Å². The molecule has 0 saturated carbocycles. The Morgan fingerprint density at radius 2 is 2.00 bits per heavy atom. The lowest BCUT2D eigenvalue weighted by Gasteiger charge is -2.25. The number of nitrogens with one attached hydrogen (secondary N) is 1. The molecule has 1 atom stereocenters. The Bertz CT molecular complexity index is 621. The van der Waals surface area contributed by atoms with Gasteiger partial charge in [-0.15, -0.1) is 0 Å². The van der Waals surface area contributed by atoms with Crippen LogP contribution in [0, 0.1) is 6.92 Å². The molecule has 2 nitrogen and oxygen atoms in total. The molecule has 0 spiro atoms. The summed E-state index contributed by atoms with van der Waals surface area (Å²) in [5.74, 6) is 1.11. The van der Waals surface area contributed by atoms with E-state index < -0.39 is 0 Å². The quantitative estimate of drug-likeness (QED) is 0.920. The lowest BCUT2D eigenvalue weighted by molar-refractivity contribution is 0.282. The molecule has 0 aliphatic carbocycles. The Kier molecular flexibility index (Phi) is 4.26. The highest BCUT2D eigenvalue weighted by Crippen LogP contribution is 2.34. The van der Waals surface area contributed by atoms with Crippen molar-refractivity contribution in [2.75, 3.05) is 13.7 Å². The first kappa shape index (κ1) is 14.2. The van der Waals surface area contributed by atoms with Crippen LogP contribution in [-0.4, -0.2) is 13.7 Å². The van der Waals surface area contributed by atoms with Gasteiger partial charge in [0.15, 0.2) is 0 Å². The van der Waals surface area contributed by atoms with Crippen LogP contribution in [0.3, 0.4) is 0 Å². The smallest absolute Gasteiger partial charge is 0.127 e. The van der Waals surface area contributed by atoms with Crippen molar-refractivity contribution in [3.63, 3.8) is 0 Å². The number of likely N-dealkylation sites (N-methyl/N-ethyl adjacent to an activating group) is 1. The molecule has 0 fully saturated rings. The fraction of sp³-hybridized carbons (Fsp3) is 0.368. The van der Waals surface area contributed by atoms with Crippen molar-refractivity contribution in [2.24, 2.45) is 0 Å². The van der Waals surface area contributed by atoms with E-state index in [9.17, 15) is 0 Å². The van der Waals surface area contributed by atoms with Gasteiger partial charge >= 0.3 is 0 Å². The van der Waals surface area contributed by atoms with Crippen molar-refractivity contribution in [3.8, 4) is 5.75 Å². The minimum Gasteiger partial charge on any atom is -0.493 e. The van der Waals surface area contributed by atoms with Gasteiger partial charge in [-0.25, -0.2) is 0 Å². The molecule has 1 aliphatic heterocycles. The summed E-state index contributed by atoms with van der Waals surface area (Å²) in [5.41, 5.74) is 5.38. The second kappa shape index (κ2) is 6.31. The molecule has 0 saturated heterocycles. The maximum Gasteiger partial charge on any atom is 0.127 e. The molecule has 2 aromatic rings. The van der Waals surface area contributed by atoms with Gasteiger partial charge in [0.1, 0.15) is 5.75 Å². The molecule has 2 heteroatoms. The Balaban J connectivity index is 1.92. The van der Waals surface area contributed by atoms with Gasteiger partial charge in [-0.05, 0) is 49.9 Å². The molecule has 21 heavy (non-hydrogen) atoms. The summed E-state index contributed by atoms with van der Waals surface area (Å²) in [6, 6.07) is 15.5. The molecule has 0 bridgehead atoms. The summed E-state index contributed by atoms with van der Waals surface area (Å²) in [6.07, 6.45) is 3.24. The zero-order valence-corrected chi connectivity index (χ0v) is 12.9. The van der Waals surface area contributed by atoms with Gasteiger partial charge in [0, 0.05) is 11.6 Å². The number of fused-ring (bicyclic) bond motifs is 1. The number of rotatable bonds is 4. The van der Waals surface area contributed by atoms with Gasteiger partial charge in [-0.3, -0.25) is 0 Å². The topological polar surface area (TPSA) is 21.3 Å². The highest BCUT2D eigenvalue weighted by atomic mass is 16.5. The first-order chi connectivity index (χ1) is 10.3. The molecule has 1 aliphatic rings. The molecular formula is C19H23NO. The second-order valence-electron chi connectivity index (χ2n) is 5.76. The van der Waals surface area contributed by atoms with Crippen LogP contribution in [0.2, 0.25) is 0 Å². The monoisotopic (exact) mass is 281 g/mol. The molecule has 2 aromatic carbocycles. The summed E-state index contributed by atoms with van der Waals surface area (Å²) in [4.78, 5) is 0. The second-order valence-corrected chi connectivity index (χ2v) is 5.76. The Hall–Kier alpha value is -1.80. The average molecular weight is 281 g/mol. The van der Waals surface area contributed by atoms with Crippen molar-refractivity contribution >= 4 is 0 Å². The summed E-state index contributed by atoms with van der Waals surface area (Å²) in [5, 5.41) is 3.46. The van der Waals surface area contributed by atoms with Crippen LogP contribution in [0.4, 0.5) is 0 Å². The molecular weight excluding hydrogens is 258 g/mol. The van der Waals surface area contributed by atoms with E-state index in [-0.39, 0.29) is 0 Å². The van der Waals surface area contributed by atoms with Crippen molar-refractivity contribution in [2.45, 2.75) is 32.2 Å². The van der Waals surface area contributed by atoms with Crippen LogP contribution < -0.4 is 10.1 Å². The minimum atomic E-state index is 0.291. The highest BCUT2D eigenvalue weighted by molar-refractivity contribution is 5.45. The molecule has 110 valence electrons. The van der Waals surface area contributed by atoms with Crippen LogP contribution in [0.1, 0.15) is 34.7 Å². The SMILES string of the molecule is CNC(Cc1ccccc1C)c1cccc2c1OCCC2. The molecule has 0 amide bonds. The third kappa shape index (κ3) is 2.96. The maximum absolute atomic E-state index is 5.97. The summed E-state index contributed by atoms with van der Waals surface area (Å²) < 4.78 is 5.97. The third-order valence-corrected chi connectivity index (χ3v) is 4.37. The van der Waals surface area contributed by atoms with Gasteiger partial charge in [0.05, 0.1) is 6.61 Å². The Labute approximate surface area is 127 Å². The number of aryl methyl sites for hydroxylation is 2. The van der Waals surface area contributed by atoms with E-state index in [1.54, 1.807) is 0 Å². The van der Waals surface area contributed by atoms with Crippen LogP contribution in [0.5, 0.6) is 5.75 Å². The standard InChI is InChI=1S/C19H23NO/c1-14-7-3-4-8-16(14)13-18(20-2)17-11-5-9-15-10-6-12-21-19(15)17/h3-5,7-9,11,18,20H,6,10,12-13H2,1-2H3. The third-order valence-electron chi connectivity index (χ3n) is 4.37. The Morgan fingerprint density at radius 1 is 1.14 bits per heavy atom. The van der Waals surface area contributed by atoms with E-state index in [0.717, 1.165) is 31.6 Å². The van der Waals surface area contributed by atoms with E-state index in [2.05, 4.69) is 54.7 Å². The van der Waals surface area contributed by atoms with Crippen molar-refractivity contribution in [3.05, 3.63) is 64.7 Å². The fourth-order valence-electron chi connectivity index (χ4n) is 3.12. The van der Waals surface area contributed by atoms with Gasteiger partial charge in [-0.2, -0.15) is 0 Å². The lowest BCUT2D eigenvalue weighted by Crippen LogP contribution is -2.22. The normalized spacial score (nSPS) is 15.1. The number of ether oxygens (including phenoxy) is 1. The van der Waals surface area contributed by atoms with Crippen molar-refractivity contribution in [1.82, 2.24) is 5.32 Å². The highest BCUT2D eigenvalue weighted by Gasteiger charge is 2.20. The van der Waals surface area contributed by atoms with Crippen molar-refractivity contribution in [1.29, 1.82) is 0 Å². The molecule has 0 radical (unpaired) electrons. The van der Waals surface area contributed by atoms with E-state index in [4.69, 9.17) is 4.74 Å². The van der Waals surface area contributed by atoms with Crippen LogP contribution in [-0.2, 0) is 12.8 Å². The first-order valence-corrected chi connectivity index (χ1v) is 7.76. The predicted molar refractivity (Wildman–Crippen MR) is 86.9 cm³/mol. The van der Waals surface area contributed by atoms with Crippen molar-refractivity contribution < 1.29 is 4.74 Å². The first-order valence-electron chi connectivity index (χ1n) is 7.76. The zero-order chi connectivity index (χ0) is 14.7. The number of hydrogen-bond donors (Lipinski definition) is 1. The zero-order valence-electron chi connectivity index (χ0n) is 12.9. The number of benzene rings is 2.